The minimum Gasteiger partial charge on any atom is -0.366 e. The summed E-state index contributed by atoms with van der Waals surface area (Å²) in [7, 11) is 0. The first-order valence-electron chi connectivity index (χ1n) is 4.73. The van der Waals surface area contributed by atoms with Crippen LogP contribution >= 0.6 is 0 Å². The second-order valence-electron chi connectivity index (χ2n) is 3.51. The zero-order valence-corrected chi connectivity index (χ0v) is 8.71. The van der Waals surface area contributed by atoms with Gasteiger partial charge in [0.1, 0.15) is 0 Å². The number of carbonyl (C=O) groups is 1. The van der Waals surface area contributed by atoms with Crippen molar-refractivity contribution in [2.75, 3.05) is 0 Å². The van der Waals surface area contributed by atoms with Gasteiger partial charge in [0, 0.05) is 11.6 Å². The SMILES string of the molecule is CCC(C)C(N)(C=CC(N)=O)CC. The van der Waals surface area contributed by atoms with Crippen molar-refractivity contribution in [2.45, 2.75) is 39.2 Å². The lowest BCUT2D eigenvalue weighted by molar-refractivity contribution is -0.113. The maximum atomic E-state index is 10.6. The molecular weight excluding hydrogens is 164 g/mol. The fourth-order valence-electron chi connectivity index (χ4n) is 1.25. The molecule has 2 unspecified atom stereocenters. The summed E-state index contributed by atoms with van der Waals surface area (Å²) in [5.41, 5.74) is 10.7. The second-order valence-corrected chi connectivity index (χ2v) is 3.51. The maximum absolute atomic E-state index is 10.6. The first-order chi connectivity index (χ1) is 5.96. The van der Waals surface area contributed by atoms with Crippen molar-refractivity contribution in [3.8, 4) is 0 Å². The number of hydrogen-bond donors (Lipinski definition) is 2. The molecule has 13 heavy (non-hydrogen) atoms. The predicted octanol–water partition coefficient (Wildman–Crippen LogP) is 1.18. The molecule has 0 aliphatic rings. The normalized spacial score (nSPS) is 18.5. The lowest BCUT2D eigenvalue weighted by Crippen LogP contribution is -2.43. The van der Waals surface area contributed by atoms with E-state index in [2.05, 4.69) is 13.8 Å². The molecule has 0 aliphatic heterocycles. The monoisotopic (exact) mass is 184 g/mol. The van der Waals surface area contributed by atoms with Crippen LogP contribution in [0, 0.1) is 5.92 Å². The van der Waals surface area contributed by atoms with E-state index in [-0.39, 0.29) is 0 Å². The molecule has 0 aromatic carbocycles. The molecule has 4 N–H and O–H groups in total. The average Bonchev–Trinajstić information content (AvgIpc) is 2.12. The van der Waals surface area contributed by atoms with E-state index in [0.29, 0.717) is 5.92 Å². The zero-order chi connectivity index (χ0) is 10.5. The van der Waals surface area contributed by atoms with Crippen LogP contribution in [0.15, 0.2) is 12.2 Å². The van der Waals surface area contributed by atoms with Gasteiger partial charge in [0.2, 0.25) is 5.91 Å². The Hall–Kier alpha value is -0.830. The van der Waals surface area contributed by atoms with E-state index in [1.807, 2.05) is 6.92 Å². The van der Waals surface area contributed by atoms with E-state index in [4.69, 9.17) is 11.5 Å². The smallest absolute Gasteiger partial charge is 0.241 e. The van der Waals surface area contributed by atoms with Gasteiger partial charge in [-0.05, 0) is 12.3 Å². The van der Waals surface area contributed by atoms with Crippen LogP contribution in [-0.4, -0.2) is 11.4 Å². The summed E-state index contributed by atoms with van der Waals surface area (Å²) in [6.45, 7) is 6.17. The Bertz CT molecular complexity index is 201. The third-order valence-corrected chi connectivity index (χ3v) is 2.70. The van der Waals surface area contributed by atoms with Gasteiger partial charge >= 0.3 is 0 Å². The third kappa shape index (κ3) is 3.59. The quantitative estimate of drug-likeness (QED) is 0.630. The van der Waals surface area contributed by atoms with Crippen LogP contribution in [0.5, 0.6) is 0 Å². The fraction of sp³-hybridized carbons (Fsp3) is 0.700. The van der Waals surface area contributed by atoms with E-state index >= 15 is 0 Å². The molecule has 0 spiro atoms. The summed E-state index contributed by atoms with van der Waals surface area (Å²) in [5, 5.41) is 0. The highest BCUT2D eigenvalue weighted by atomic mass is 16.1. The topological polar surface area (TPSA) is 69.1 Å². The first kappa shape index (κ1) is 12.2. The van der Waals surface area contributed by atoms with Crippen molar-refractivity contribution in [3.05, 3.63) is 12.2 Å². The van der Waals surface area contributed by atoms with Crippen LogP contribution in [0.4, 0.5) is 0 Å². The molecule has 2 atom stereocenters. The van der Waals surface area contributed by atoms with Gasteiger partial charge in [-0.1, -0.05) is 33.3 Å². The summed E-state index contributed by atoms with van der Waals surface area (Å²) in [4.78, 5) is 10.6. The van der Waals surface area contributed by atoms with E-state index in [1.54, 1.807) is 6.08 Å². The lowest BCUT2D eigenvalue weighted by Gasteiger charge is -2.30. The Kier molecular flexibility index (Phi) is 4.70. The molecule has 0 aromatic rings. The third-order valence-electron chi connectivity index (χ3n) is 2.70. The molecule has 76 valence electrons. The van der Waals surface area contributed by atoms with Crippen molar-refractivity contribution < 1.29 is 4.79 Å². The summed E-state index contributed by atoms with van der Waals surface area (Å²) in [6.07, 6.45) is 4.89. The molecule has 0 saturated heterocycles. The van der Waals surface area contributed by atoms with Crippen molar-refractivity contribution >= 4 is 5.91 Å². The Morgan fingerprint density at radius 3 is 2.38 bits per heavy atom. The number of rotatable bonds is 5. The van der Waals surface area contributed by atoms with Gasteiger partial charge in [0.15, 0.2) is 0 Å². The van der Waals surface area contributed by atoms with Crippen LogP contribution in [-0.2, 0) is 4.79 Å². The van der Waals surface area contributed by atoms with Gasteiger partial charge in [-0.25, -0.2) is 0 Å². The minimum atomic E-state index is -0.438. The molecule has 0 aromatic heterocycles. The molecule has 3 nitrogen and oxygen atoms in total. The molecule has 0 aliphatic carbocycles. The predicted molar refractivity (Wildman–Crippen MR) is 55.0 cm³/mol. The van der Waals surface area contributed by atoms with E-state index < -0.39 is 11.4 Å². The van der Waals surface area contributed by atoms with Crippen molar-refractivity contribution in [2.24, 2.45) is 17.4 Å². The van der Waals surface area contributed by atoms with Crippen LogP contribution in [0.1, 0.15) is 33.6 Å². The van der Waals surface area contributed by atoms with Crippen molar-refractivity contribution in [3.63, 3.8) is 0 Å². The highest BCUT2D eigenvalue weighted by molar-refractivity contribution is 5.85. The Morgan fingerprint density at radius 1 is 1.54 bits per heavy atom. The minimum absolute atomic E-state index is 0.355. The first-order valence-corrected chi connectivity index (χ1v) is 4.73. The number of carbonyl (C=O) groups excluding carboxylic acids is 1. The Morgan fingerprint density at radius 2 is 2.08 bits per heavy atom. The van der Waals surface area contributed by atoms with Crippen LogP contribution in [0.2, 0.25) is 0 Å². The second kappa shape index (κ2) is 5.02. The Labute approximate surface area is 80.2 Å². The van der Waals surface area contributed by atoms with Gasteiger partial charge in [-0.3, -0.25) is 4.79 Å². The number of amides is 1. The number of nitrogens with two attached hydrogens (primary N) is 2. The number of hydrogen-bond acceptors (Lipinski definition) is 2. The van der Waals surface area contributed by atoms with E-state index in [9.17, 15) is 4.79 Å². The fourth-order valence-corrected chi connectivity index (χ4v) is 1.25. The van der Waals surface area contributed by atoms with E-state index in [0.717, 1.165) is 12.8 Å². The van der Waals surface area contributed by atoms with Crippen molar-refractivity contribution in [1.29, 1.82) is 0 Å². The molecular formula is C10H20N2O. The average molecular weight is 184 g/mol. The van der Waals surface area contributed by atoms with Gasteiger partial charge < -0.3 is 11.5 Å². The van der Waals surface area contributed by atoms with Gasteiger partial charge in [0.25, 0.3) is 0 Å². The molecule has 0 saturated carbocycles. The molecule has 0 heterocycles. The molecule has 3 heteroatoms. The van der Waals surface area contributed by atoms with Gasteiger partial charge in [-0.2, -0.15) is 0 Å². The lowest BCUT2D eigenvalue weighted by atomic mass is 9.82. The Balaban J connectivity index is 4.53. The molecule has 1 amide bonds. The van der Waals surface area contributed by atoms with Crippen LogP contribution in [0.25, 0.3) is 0 Å². The summed E-state index contributed by atoms with van der Waals surface area (Å²) < 4.78 is 0. The van der Waals surface area contributed by atoms with Crippen LogP contribution < -0.4 is 11.5 Å². The summed E-state index contributed by atoms with van der Waals surface area (Å²) in [6, 6.07) is 0. The highest BCUT2D eigenvalue weighted by Gasteiger charge is 2.25. The summed E-state index contributed by atoms with van der Waals surface area (Å²) in [5.74, 6) is -0.0836. The van der Waals surface area contributed by atoms with Crippen LogP contribution in [0.3, 0.4) is 0 Å². The molecule has 0 fully saturated rings. The zero-order valence-electron chi connectivity index (χ0n) is 8.71. The molecule has 0 bridgehead atoms. The highest BCUT2D eigenvalue weighted by Crippen LogP contribution is 2.22. The number of primary amides is 1. The molecule has 0 radical (unpaired) electrons. The van der Waals surface area contributed by atoms with E-state index in [1.165, 1.54) is 6.08 Å². The largest absolute Gasteiger partial charge is 0.366 e. The standard InChI is InChI=1S/C10H20N2O/c1-4-8(3)10(12,5-2)7-6-9(11)13/h6-8H,4-5,12H2,1-3H3,(H2,11,13). The van der Waals surface area contributed by atoms with Crippen molar-refractivity contribution in [1.82, 2.24) is 0 Å². The summed E-state index contributed by atoms with van der Waals surface area (Å²) >= 11 is 0. The van der Waals surface area contributed by atoms with Gasteiger partial charge in [0.05, 0.1) is 0 Å². The molecule has 0 rings (SSSR count). The maximum Gasteiger partial charge on any atom is 0.241 e. The van der Waals surface area contributed by atoms with Gasteiger partial charge in [-0.15, -0.1) is 0 Å².